The van der Waals surface area contributed by atoms with Gasteiger partial charge >= 0.3 is 0 Å². The molecular weight excluding hydrogens is 290 g/mol. The van der Waals surface area contributed by atoms with Crippen molar-refractivity contribution in [3.8, 4) is 10.9 Å². The van der Waals surface area contributed by atoms with Crippen molar-refractivity contribution in [2.75, 3.05) is 0 Å². The van der Waals surface area contributed by atoms with E-state index in [-0.39, 0.29) is 5.56 Å². The summed E-state index contributed by atoms with van der Waals surface area (Å²) in [6.45, 7) is 0. The topological polar surface area (TPSA) is 82.3 Å². The predicted molar refractivity (Wildman–Crippen MR) is 76.7 cm³/mol. The molecule has 3 aromatic heterocycles. The van der Waals surface area contributed by atoms with E-state index in [2.05, 4.69) is 20.1 Å². The molecule has 1 aromatic carbocycles. The Kier molecular flexibility index (Phi) is 2.61. The van der Waals surface area contributed by atoms with Crippen LogP contribution in [0.3, 0.4) is 0 Å². The molecule has 0 unspecified atom stereocenters. The monoisotopic (exact) mass is 297 g/mol. The number of hydrogen-bond acceptors (Lipinski definition) is 7. The first kappa shape index (κ1) is 11.9. The number of aromatic nitrogens is 5. The Balaban J connectivity index is 1.75. The maximum absolute atomic E-state index is 11.6. The van der Waals surface area contributed by atoms with Crippen molar-refractivity contribution in [1.82, 2.24) is 24.6 Å². The van der Waals surface area contributed by atoms with E-state index in [1.165, 1.54) is 28.1 Å². The van der Waals surface area contributed by atoms with Gasteiger partial charge in [-0.1, -0.05) is 0 Å². The molecule has 21 heavy (non-hydrogen) atoms. The van der Waals surface area contributed by atoms with Crippen molar-refractivity contribution in [1.29, 1.82) is 0 Å². The van der Waals surface area contributed by atoms with Crippen LogP contribution in [-0.4, -0.2) is 24.6 Å². The molecule has 0 spiro atoms. The normalized spacial score (nSPS) is 11.0. The summed E-state index contributed by atoms with van der Waals surface area (Å²) in [7, 11) is 0. The van der Waals surface area contributed by atoms with Gasteiger partial charge in [-0.25, -0.2) is 4.98 Å². The van der Waals surface area contributed by atoms with Gasteiger partial charge in [0.05, 0.1) is 11.0 Å². The number of fused-ring (bicyclic) bond motifs is 2. The van der Waals surface area contributed by atoms with E-state index in [1.807, 2.05) is 6.07 Å². The maximum atomic E-state index is 11.6. The Bertz CT molecular complexity index is 1010. The molecule has 7 nitrogen and oxygen atoms in total. The molecule has 0 fully saturated rings. The highest BCUT2D eigenvalue weighted by atomic mass is 32.1. The molecule has 0 radical (unpaired) electrons. The molecule has 0 N–H and O–H groups in total. The molecule has 0 saturated heterocycles. The third-order valence-electron chi connectivity index (χ3n) is 2.80. The summed E-state index contributed by atoms with van der Waals surface area (Å²) < 4.78 is 6.88. The highest BCUT2D eigenvalue weighted by molar-refractivity contribution is 7.18. The molecule has 4 aromatic rings. The smallest absolute Gasteiger partial charge is 0.299 e. The zero-order valence-corrected chi connectivity index (χ0v) is 11.3. The Morgan fingerprint density at radius 3 is 2.71 bits per heavy atom. The van der Waals surface area contributed by atoms with Gasteiger partial charge in [-0.15, -0.1) is 5.10 Å². The first-order valence-electron chi connectivity index (χ1n) is 6.03. The van der Waals surface area contributed by atoms with Crippen molar-refractivity contribution >= 4 is 27.3 Å². The Morgan fingerprint density at radius 1 is 1.00 bits per heavy atom. The highest BCUT2D eigenvalue weighted by Gasteiger charge is 2.08. The maximum Gasteiger partial charge on any atom is 0.299 e. The number of nitrogens with zero attached hydrogens (tertiary/aromatic N) is 5. The zero-order valence-electron chi connectivity index (χ0n) is 10.5. The van der Waals surface area contributed by atoms with Gasteiger partial charge in [0.15, 0.2) is 0 Å². The molecule has 0 amide bonds. The van der Waals surface area contributed by atoms with E-state index in [1.54, 1.807) is 24.5 Å². The lowest BCUT2D eigenvalue weighted by Gasteiger charge is -2.01. The van der Waals surface area contributed by atoms with Crippen LogP contribution < -0.4 is 10.3 Å². The fraction of sp³-hybridized carbons (Fsp3) is 0. The number of hydrogen-bond donors (Lipinski definition) is 0. The molecule has 0 aliphatic heterocycles. The summed E-state index contributed by atoms with van der Waals surface area (Å²) in [6, 6.07) is 6.71. The minimum Gasteiger partial charge on any atom is -0.430 e. The second-order valence-electron chi connectivity index (χ2n) is 4.15. The SMILES string of the molecule is O=c1ccnc2sc(Oc3ccc4nccnc4c3)nn12. The fourth-order valence-electron chi connectivity index (χ4n) is 1.87. The van der Waals surface area contributed by atoms with Crippen LogP contribution in [0.2, 0.25) is 0 Å². The van der Waals surface area contributed by atoms with Gasteiger partial charge in [-0.05, 0) is 23.5 Å². The van der Waals surface area contributed by atoms with Crippen molar-refractivity contribution in [3.05, 3.63) is 53.2 Å². The van der Waals surface area contributed by atoms with Crippen LogP contribution in [0.4, 0.5) is 0 Å². The number of rotatable bonds is 2. The molecule has 3 heterocycles. The van der Waals surface area contributed by atoms with Crippen LogP contribution in [0.5, 0.6) is 10.9 Å². The fourth-order valence-corrected chi connectivity index (χ4v) is 2.62. The Labute approximate surface area is 121 Å². The van der Waals surface area contributed by atoms with Crippen molar-refractivity contribution < 1.29 is 4.74 Å². The van der Waals surface area contributed by atoms with E-state index in [0.717, 1.165) is 11.0 Å². The standard InChI is InChI=1S/C13H7N5O2S/c19-11-3-4-16-12-18(11)17-13(21-12)20-8-1-2-9-10(7-8)15-6-5-14-9/h1-7H. The summed E-state index contributed by atoms with van der Waals surface area (Å²) in [4.78, 5) is 24.6. The summed E-state index contributed by atoms with van der Waals surface area (Å²) in [5, 5.41) is 4.43. The van der Waals surface area contributed by atoms with E-state index in [4.69, 9.17) is 4.74 Å². The van der Waals surface area contributed by atoms with Crippen LogP contribution in [0.25, 0.3) is 16.0 Å². The number of ether oxygens (including phenoxy) is 1. The lowest BCUT2D eigenvalue weighted by atomic mass is 10.3. The summed E-state index contributed by atoms with van der Waals surface area (Å²) >= 11 is 1.19. The molecule has 102 valence electrons. The van der Waals surface area contributed by atoms with Crippen LogP contribution >= 0.6 is 11.3 Å². The molecule has 0 aliphatic rings. The second kappa shape index (κ2) is 4.60. The van der Waals surface area contributed by atoms with E-state index in [9.17, 15) is 4.79 Å². The van der Waals surface area contributed by atoms with Gasteiger partial charge in [0.25, 0.3) is 10.8 Å². The average molecular weight is 297 g/mol. The third-order valence-corrected chi connectivity index (χ3v) is 3.60. The highest BCUT2D eigenvalue weighted by Crippen LogP contribution is 2.26. The van der Waals surface area contributed by atoms with Gasteiger partial charge in [0.2, 0.25) is 4.96 Å². The van der Waals surface area contributed by atoms with Crippen LogP contribution in [-0.2, 0) is 0 Å². The van der Waals surface area contributed by atoms with Crippen LogP contribution in [0.1, 0.15) is 0 Å². The lowest BCUT2D eigenvalue weighted by molar-refractivity contribution is 0.470. The predicted octanol–water partition coefficient (Wildman–Crippen LogP) is 1.89. The zero-order chi connectivity index (χ0) is 14.2. The second-order valence-corrected chi connectivity index (χ2v) is 5.07. The van der Waals surface area contributed by atoms with Crippen LogP contribution in [0.15, 0.2) is 47.7 Å². The molecular formula is C13H7N5O2S. The summed E-state index contributed by atoms with van der Waals surface area (Å²) in [5.74, 6) is 0.579. The van der Waals surface area contributed by atoms with Gasteiger partial charge < -0.3 is 4.74 Å². The van der Waals surface area contributed by atoms with Crippen molar-refractivity contribution in [3.63, 3.8) is 0 Å². The minimum absolute atomic E-state index is 0.240. The molecule has 0 aliphatic carbocycles. The molecule has 0 atom stereocenters. The van der Waals surface area contributed by atoms with E-state index >= 15 is 0 Å². The van der Waals surface area contributed by atoms with Gasteiger partial charge in [-0.2, -0.15) is 4.52 Å². The van der Waals surface area contributed by atoms with Crippen molar-refractivity contribution in [2.24, 2.45) is 0 Å². The molecule has 0 saturated carbocycles. The summed E-state index contributed by atoms with van der Waals surface area (Å²) in [6.07, 6.45) is 4.70. The quantitative estimate of drug-likeness (QED) is 0.562. The van der Waals surface area contributed by atoms with Gasteiger partial charge in [0, 0.05) is 30.7 Å². The third kappa shape index (κ3) is 2.11. The minimum atomic E-state index is -0.240. The molecule has 8 heteroatoms. The van der Waals surface area contributed by atoms with Gasteiger partial charge in [-0.3, -0.25) is 14.8 Å². The van der Waals surface area contributed by atoms with Crippen molar-refractivity contribution in [2.45, 2.75) is 0 Å². The summed E-state index contributed by atoms with van der Waals surface area (Å²) in [5.41, 5.74) is 1.27. The van der Waals surface area contributed by atoms with Gasteiger partial charge in [0.1, 0.15) is 5.75 Å². The Hall–Kier alpha value is -2.87. The molecule has 0 bridgehead atoms. The average Bonchev–Trinajstić information content (AvgIpc) is 2.91. The number of benzene rings is 1. The van der Waals surface area contributed by atoms with E-state index in [0.29, 0.717) is 15.9 Å². The first-order valence-corrected chi connectivity index (χ1v) is 6.85. The lowest BCUT2D eigenvalue weighted by Crippen LogP contribution is -2.12. The largest absolute Gasteiger partial charge is 0.430 e. The van der Waals surface area contributed by atoms with Crippen LogP contribution in [0, 0.1) is 0 Å². The van der Waals surface area contributed by atoms with E-state index < -0.39 is 0 Å². The first-order chi connectivity index (χ1) is 10.3. The molecule has 4 rings (SSSR count). The Morgan fingerprint density at radius 2 is 1.86 bits per heavy atom.